The summed E-state index contributed by atoms with van der Waals surface area (Å²) in [6.07, 6.45) is 1.04. The van der Waals surface area contributed by atoms with Crippen LogP contribution in [0.15, 0.2) is 21.9 Å². The molecule has 4 nitrogen and oxygen atoms in total. The minimum absolute atomic E-state index is 0. The molecule has 0 amide bonds. The van der Waals surface area contributed by atoms with E-state index in [0.29, 0.717) is 0 Å². The fourth-order valence-corrected chi connectivity index (χ4v) is 3.56. The Hall–Kier alpha value is -0.880. The van der Waals surface area contributed by atoms with Gasteiger partial charge in [0.1, 0.15) is 5.76 Å². The van der Waals surface area contributed by atoms with Gasteiger partial charge in [0.2, 0.25) is 5.89 Å². The van der Waals surface area contributed by atoms with Crippen molar-refractivity contribution in [1.29, 1.82) is 0 Å². The molecule has 0 saturated carbocycles. The summed E-state index contributed by atoms with van der Waals surface area (Å²) in [6, 6.07) is 4.35. The van der Waals surface area contributed by atoms with E-state index in [1.807, 2.05) is 24.4 Å². The van der Waals surface area contributed by atoms with Crippen molar-refractivity contribution in [2.24, 2.45) is 11.1 Å². The van der Waals surface area contributed by atoms with E-state index in [1.165, 1.54) is 0 Å². The lowest BCUT2D eigenvalue weighted by molar-refractivity contribution is 0.0887. The Kier molecular flexibility index (Phi) is 5.33. The lowest BCUT2D eigenvalue weighted by atomic mass is 9.79. The van der Waals surface area contributed by atoms with Crippen LogP contribution in [-0.4, -0.2) is 29.0 Å². The minimum Gasteiger partial charge on any atom is -0.440 e. The highest BCUT2D eigenvalue weighted by Crippen LogP contribution is 2.30. The molecule has 0 aliphatic carbocycles. The maximum Gasteiger partial charge on any atom is 0.236 e. The molecular weight excluding hydrogens is 318 g/mol. The number of nitrogens with two attached hydrogens (primary N) is 1. The first-order valence-electron chi connectivity index (χ1n) is 7.44. The van der Waals surface area contributed by atoms with Gasteiger partial charge in [0, 0.05) is 25.7 Å². The normalized spacial score (nSPS) is 21.5. The number of oxazole rings is 1. The Morgan fingerprint density at radius 1 is 1.50 bits per heavy atom. The van der Waals surface area contributed by atoms with Crippen molar-refractivity contribution in [1.82, 2.24) is 9.88 Å². The van der Waals surface area contributed by atoms with Gasteiger partial charge in [0.05, 0.1) is 10.6 Å². The molecule has 1 unspecified atom stereocenters. The van der Waals surface area contributed by atoms with Crippen LogP contribution < -0.4 is 5.73 Å². The molecule has 3 heterocycles. The van der Waals surface area contributed by atoms with E-state index in [2.05, 4.69) is 23.7 Å². The van der Waals surface area contributed by atoms with Gasteiger partial charge < -0.3 is 10.2 Å². The molecule has 2 aromatic heterocycles. The molecule has 22 heavy (non-hydrogen) atoms. The van der Waals surface area contributed by atoms with Crippen LogP contribution >= 0.6 is 23.7 Å². The van der Waals surface area contributed by atoms with Crippen LogP contribution in [0, 0.1) is 12.3 Å². The fourth-order valence-electron chi connectivity index (χ4n) is 2.91. The highest BCUT2D eigenvalue weighted by molar-refractivity contribution is 7.13. The predicted octanol–water partition coefficient (Wildman–Crippen LogP) is 3.69. The standard InChI is InChI=1S/C16H23N3OS.ClH/c1-11-12(18-15(20-11)13-5-4-8-21-13)9-19-7-6-14(17)16(2,3)10-19;/h4-5,8,14H,6-7,9-10,17H2,1-3H3;1H. The Morgan fingerprint density at radius 2 is 2.27 bits per heavy atom. The van der Waals surface area contributed by atoms with Gasteiger partial charge in [-0.2, -0.15) is 0 Å². The van der Waals surface area contributed by atoms with Crippen LogP contribution in [0.3, 0.4) is 0 Å². The molecule has 1 saturated heterocycles. The van der Waals surface area contributed by atoms with Gasteiger partial charge >= 0.3 is 0 Å². The van der Waals surface area contributed by atoms with E-state index in [9.17, 15) is 0 Å². The topological polar surface area (TPSA) is 55.3 Å². The fraction of sp³-hybridized carbons (Fsp3) is 0.562. The molecule has 3 rings (SSSR count). The van der Waals surface area contributed by atoms with Crippen LogP contribution in [0.4, 0.5) is 0 Å². The number of rotatable bonds is 3. The Balaban J connectivity index is 0.00000176. The van der Waals surface area contributed by atoms with E-state index >= 15 is 0 Å². The zero-order valence-electron chi connectivity index (χ0n) is 13.3. The molecule has 2 N–H and O–H groups in total. The second-order valence-corrected chi connectivity index (χ2v) is 7.54. The number of likely N-dealkylation sites (tertiary alicyclic amines) is 1. The molecule has 1 aliphatic heterocycles. The predicted molar refractivity (Wildman–Crippen MR) is 93.5 cm³/mol. The van der Waals surface area contributed by atoms with E-state index in [4.69, 9.17) is 10.2 Å². The zero-order chi connectivity index (χ0) is 15.0. The van der Waals surface area contributed by atoms with Crippen molar-refractivity contribution in [3.63, 3.8) is 0 Å². The molecule has 0 radical (unpaired) electrons. The summed E-state index contributed by atoms with van der Waals surface area (Å²) >= 11 is 1.66. The van der Waals surface area contributed by atoms with E-state index in [1.54, 1.807) is 11.3 Å². The Morgan fingerprint density at radius 3 is 2.91 bits per heavy atom. The van der Waals surface area contributed by atoms with Crippen LogP contribution in [-0.2, 0) is 6.54 Å². The SMILES string of the molecule is Cc1oc(-c2cccs2)nc1CN1CCC(N)C(C)(C)C1.Cl. The number of aromatic nitrogens is 1. The summed E-state index contributed by atoms with van der Waals surface area (Å²) in [5.41, 5.74) is 7.41. The zero-order valence-corrected chi connectivity index (χ0v) is 15.0. The summed E-state index contributed by atoms with van der Waals surface area (Å²) in [4.78, 5) is 8.21. The lowest BCUT2D eigenvalue weighted by Crippen LogP contribution is -2.52. The Labute approximate surface area is 142 Å². The summed E-state index contributed by atoms with van der Waals surface area (Å²) in [7, 11) is 0. The molecule has 1 fully saturated rings. The molecule has 0 spiro atoms. The number of halogens is 1. The smallest absolute Gasteiger partial charge is 0.236 e. The molecule has 0 aromatic carbocycles. The summed E-state index contributed by atoms with van der Waals surface area (Å²) in [5, 5.41) is 2.04. The van der Waals surface area contributed by atoms with Crippen LogP contribution in [0.2, 0.25) is 0 Å². The van der Waals surface area contributed by atoms with E-state index in [0.717, 1.165) is 48.3 Å². The van der Waals surface area contributed by atoms with Gasteiger partial charge in [-0.1, -0.05) is 19.9 Å². The largest absolute Gasteiger partial charge is 0.440 e. The second kappa shape index (κ2) is 6.71. The monoisotopic (exact) mass is 341 g/mol. The lowest BCUT2D eigenvalue weighted by Gasteiger charge is -2.42. The third-order valence-electron chi connectivity index (χ3n) is 4.39. The third kappa shape index (κ3) is 3.54. The summed E-state index contributed by atoms with van der Waals surface area (Å²) in [6.45, 7) is 9.38. The number of aryl methyl sites for hydroxylation is 1. The van der Waals surface area contributed by atoms with Crippen LogP contribution in [0.5, 0.6) is 0 Å². The van der Waals surface area contributed by atoms with E-state index < -0.39 is 0 Å². The second-order valence-electron chi connectivity index (χ2n) is 6.59. The van der Waals surface area contributed by atoms with Crippen LogP contribution in [0.1, 0.15) is 31.7 Å². The molecule has 2 aromatic rings. The van der Waals surface area contributed by atoms with Crippen molar-refractivity contribution in [3.8, 4) is 10.8 Å². The highest BCUT2D eigenvalue weighted by Gasteiger charge is 2.33. The number of nitrogens with zero attached hydrogens (tertiary/aromatic N) is 2. The number of piperidine rings is 1. The first-order valence-corrected chi connectivity index (χ1v) is 8.32. The average molecular weight is 342 g/mol. The van der Waals surface area contributed by atoms with Gasteiger partial charge in [0.25, 0.3) is 0 Å². The molecule has 6 heteroatoms. The molecule has 1 aliphatic rings. The summed E-state index contributed by atoms with van der Waals surface area (Å²) in [5.74, 6) is 1.66. The number of thiophene rings is 1. The first kappa shape index (κ1) is 17.5. The maximum atomic E-state index is 6.21. The maximum absolute atomic E-state index is 6.21. The molecular formula is C16H24ClN3OS. The van der Waals surface area contributed by atoms with Gasteiger partial charge in [-0.3, -0.25) is 4.90 Å². The van der Waals surface area contributed by atoms with Gasteiger partial charge in [0.15, 0.2) is 0 Å². The van der Waals surface area contributed by atoms with Crippen molar-refractivity contribution < 1.29 is 4.42 Å². The highest BCUT2D eigenvalue weighted by atomic mass is 35.5. The van der Waals surface area contributed by atoms with Crippen molar-refractivity contribution in [3.05, 3.63) is 29.0 Å². The number of hydrogen-bond donors (Lipinski definition) is 1. The quantitative estimate of drug-likeness (QED) is 0.925. The average Bonchev–Trinajstić information content (AvgIpc) is 3.04. The summed E-state index contributed by atoms with van der Waals surface area (Å²) < 4.78 is 5.82. The molecule has 1 atom stereocenters. The van der Waals surface area contributed by atoms with Crippen LogP contribution in [0.25, 0.3) is 10.8 Å². The van der Waals surface area contributed by atoms with Crippen molar-refractivity contribution in [2.75, 3.05) is 13.1 Å². The number of hydrogen-bond acceptors (Lipinski definition) is 5. The Bertz CT molecular complexity index is 609. The van der Waals surface area contributed by atoms with E-state index in [-0.39, 0.29) is 23.9 Å². The molecule has 122 valence electrons. The van der Waals surface area contributed by atoms with Gasteiger partial charge in [-0.05, 0) is 30.2 Å². The first-order chi connectivity index (χ1) is 9.95. The van der Waals surface area contributed by atoms with Gasteiger partial charge in [-0.25, -0.2) is 4.98 Å². The van der Waals surface area contributed by atoms with Crippen molar-refractivity contribution in [2.45, 2.75) is 39.8 Å². The third-order valence-corrected chi connectivity index (χ3v) is 5.25. The molecule has 0 bridgehead atoms. The van der Waals surface area contributed by atoms with Gasteiger partial charge in [-0.15, -0.1) is 23.7 Å². The minimum atomic E-state index is 0. The van der Waals surface area contributed by atoms with Crippen molar-refractivity contribution >= 4 is 23.7 Å².